The molecule has 4 bridgehead atoms. The van der Waals surface area contributed by atoms with E-state index in [9.17, 15) is 24.0 Å². The van der Waals surface area contributed by atoms with E-state index in [0.29, 0.717) is 18.6 Å². The average molecular weight is 738 g/mol. The second kappa shape index (κ2) is 15.5. The van der Waals surface area contributed by atoms with Gasteiger partial charge in [0.15, 0.2) is 11.4 Å². The van der Waals surface area contributed by atoms with Crippen LogP contribution in [0.15, 0.2) is 69.9 Å². The average Bonchev–Trinajstić information content (AvgIpc) is 3.95. The van der Waals surface area contributed by atoms with Crippen molar-refractivity contribution in [1.29, 1.82) is 0 Å². The Hall–Kier alpha value is -5.99. The molecule has 15 nitrogen and oxygen atoms in total. The molecule has 0 unspecified atom stereocenters. The molecule has 282 valence electrons. The largest absolute Gasteiger partial charge is 0.493 e. The lowest BCUT2D eigenvalue weighted by atomic mass is 10.0. The van der Waals surface area contributed by atoms with Crippen LogP contribution in [0.4, 0.5) is 0 Å². The smallest absolute Gasteiger partial charge is 0.276 e. The lowest BCUT2D eigenvalue weighted by Gasteiger charge is -2.25. The van der Waals surface area contributed by atoms with E-state index in [4.69, 9.17) is 13.6 Å². The van der Waals surface area contributed by atoms with Gasteiger partial charge in [0.05, 0.1) is 6.61 Å². The number of nitrogens with zero attached hydrogens (tertiary/aromatic N) is 3. The van der Waals surface area contributed by atoms with Crippen molar-refractivity contribution in [2.45, 2.75) is 83.1 Å². The third kappa shape index (κ3) is 7.99. The van der Waals surface area contributed by atoms with E-state index < -0.39 is 53.8 Å². The Kier molecular flexibility index (Phi) is 10.5. The zero-order valence-electron chi connectivity index (χ0n) is 30.3. The molecule has 2 aromatic carbocycles. The first-order valence-electron chi connectivity index (χ1n) is 18.3. The molecule has 15 heteroatoms. The van der Waals surface area contributed by atoms with Gasteiger partial charge in [-0.05, 0) is 67.9 Å². The standard InChI is InChI=1S/C39H43N7O8/c1-21(2)14-27-34(48)40-22(3)37-45-30(20-53-37)39(51)46-18-26(41-33(47)25-11-12-32-24(16-25)10-7-13-52-32)17-31(46)36(50)43-28(15-23-8-5-4-6-9-23)38-44-29(19-54-38)35(49)42-27/h4-6,8-9,11-12,16,19-22,26-28,31H,7,10,13-15,17-18H2,1-3H3,(H,40,48)(H,41,47)(H,42,49)(H,43,50)/t22-,26+,27-,28+,31+/m1/s1. The number of aromatic nitrogens is 2. The van der Waals surface area contributed by atoms with Gasteiger partial charge in [-0.1, -0.05) is 44.2 Å². The third-order valence-corrected chi connectivity index (χ3v) is 9.82. The van der Waals surface area contributed by atoms with Crippen LogP contribution in [0.5, 0.6) is 5.75 Å². The van der Waals surface area contributed by atoms with Crippen molar-refractivity contribution < 1.29 is 37.5 Å². The summed E-state index contributed by atoms with van der Waals surface area (Å²) in [6.07, 6.45) is 4.70. The summed E-state index contributed by atoms with van der Waals surface area (Å²) in [7, 11) is 0. The minimum absolute atomic E-state index is 0.00868. The summed E-state index contributed by atoms with van der Waals surface area (Å²) in [6, 6.07) is 10.5. The van der Waals surface area contributed by atoms with Crippen molar-refractivity contribution in [3.05, 3.63) is 101 Å². The fourth-order valence-electron chi connectivity index (χ4n) is 7.10. The summed E-state index contributed by atoms with van der Waals surface area (Å²) < 4.78 is 17.2. The highest BCUT2D eigenvalue weighted by atomic mass is 16.5. The van der Waals surface area contributed by atoms with Gasteiger partial charge in [0, 0.05) is 24.6 Å². The monoisotopic (exact) mass is 737 g/mol. The van der Waals surface area contributed by atoms with Crippen LogP contribution in [0, 0.1) is 5.92 Å². The summed E-state index contributed by atoms with van der Waals surface area (Å²) in [5.41, 5.74) is 2.11. The molecule has 1 saturated heterocycles. The Bertz CT molecular complexity index is 2040. The molecule has 2 aromatic heterocycles. The molecule has 0 radical (unpaired) electrons. The summed E-state index contributed by atoms with van der Waals surface area (Å²) in [6.45, 7) is 6.14. The lowest BCUT2D eigenvalue weighted by Crippen LogP contribution is -2.48. The normalized spacial score (nSPS) is 23.3. The van der Waals surface area contributed by atoms with E-state index in [-0.39, 0.29) is 54.4 Å². The first-order valence-corrected chi connectivity index (χ1v) is 18.3. The van der Waals surface area contributed by atoms with Crippen molar-refractivity contribution in [3.8, 4) is 5.75 Å². The van der Waals surface area contributed by atoms with Crippen LogP contribution in [-0.2, 0) is 22.4 Å². The number of nitrogens with one attached hydrogen (secondary N) is 4. The molecule has 5 atom stereocenters. The number of carbonyl (C=O) groups excluding carboxylic acids is 5. The zero-order valence-corrected chi connectivity index (χ0v) is 30.3. The van der Waals surface area contributed by atoms with Gasteiger partial charge in [-0.3, -0.25) is 24.0 Å². The number of amides is 5. The minimum atomic E-state index is -1.04. The van der Waals surface area contributed by atoms with Crippen LogP contribution >= 0.6 is 0 Å². The zero-order chi connectivity index (χ0) is 37.9. The van der Waals surface area contributed by atoms with E-state index >= 15 is 0 Å². The van der Waals surface area contributed by atoms with Crippen LogP contribution in [0.3, 0.4) is 0 Å². The third-order valence-electron chi connectivity index (χ3n) is 9.82. The highest BCUT2D eigenvalue weighted by Crippen LogP contribution is 2.28. The van der Waals surface area contributed by atoms with Gasteiger partial charge in [-0.25, -0.2) is 9.97 Å². The van der Waals surface area contributed by atoms with Gasteiger partial charge in [0.2, 0.25) is 23.6 Å². The molecule has 4 aromatic rings. The van der Waals surface area contributed by atoms with Crippen LogP contribution in [0.1, 0.15) is 106 Å². The number of rotatable bonds is 6. The quantitative estimate of drug-likeness (QED) is 0.228. The Labute approximate surface area is 311 Å². The Balaban J connectivity index is 1.21. The van der Waals surface area contributed by atoms with E-state index in [0.717, 1.165) is 29.7 Å². The molecule has 5 amide bonds. The van der Waals surface area contributed by atoms with Gasteiger partial charge in [0.1, 0.15) is 42.4 Å². The number of oxazole rings is 2. The fraction of sp³-hybridized carbons (Fsp3) is 0.410. The van der Waals surface area contributed by atoms with Crippen LogP contribution in [0.25, 0.3) is 0 Å². The maximum Gasteiger partial charge on any atom is 0.276 e. The topological polar surface area (TPSA) is 198 Å². The van der Waals surface area contributed by atoms with Crippen molar-refractivity contribution in [1.82, 2.24) is 36.1 Å². The van der Waals surface area contributed by atoms with Crippen molar-refractivity contribution in [3.63, 3.8) is 0 Å². The van der Waals surface area contributed by atoms with Gasteiger partial charge < -0.3 is 39.7 Å². The molecular weight excluding hydrogens is 694 g/mol. The first-order chi connectivity index (χ1) is 26.0. The predicted octanol–water partition coefficient (Wildman–Crippen LogP) is 3.44. The second-order valence-corrected chi connectivity index (χ2v) is 14.4. The molecule has 7 rings (SSSR count). The molecule has 0 saturated carbocycles. The number of ether oxygens (including phenoxy) is 1. The molecule has 3 aliphatic heterocycles. The van der Waals surface area contributed by atoms with E-state index in [1.807, 2.05) is 50.2 Å². The maximum absolute atomic E-state index is 14.3. The van der Waals surface area contributed by atoms with Gasteiger partial charge >= 0.3 is 0 Å². The Morgan fingerprint density at radius 3 is 2.48 bits per heavy atom. The highest BCUT2D eigenvalue weighted by Gasteiger charge is 2.43. The maximum atomic E-state index is 14.3. The van der Waals surface area contributed by atoms with E-state index in [2.05, 4.69) is 31.2 Å². The molecule has 3 aliphatic rings. The van der Waals surface area contributed by atoms with Gasteiger partial charge in [-0.15, -0.1) is 0 Å². The number of benzene rings is 2. The second-order valence-electron chi connectivity index (χ2n) is 14.4. The van der Waals surface area contributed by atoms with Gasteiger partial charge in [0.25, 0.3) is 17.7 Å². The number of fused-ring (bicyclic) bond motifs is 6. The highest BCUT2D eigenvalue weighted by molar-refractivity contribution is 5.98. The molecule has 54 heavy (non-hydrogen) atoms. The fourth-order valence-corrected chi connectivity index (χ4v) is 7.10. The van der Waals surface area contributed by atoms with E-state index in [1.54, 1.807) is 19.1 Å². The molecule has 0 aliphatic carbocycles. The minimum Gasteiger partial charge on any atom is -0.493 e. The summed E-state index contributed by atoms with van der Waals surface area (Å²) in [5.74, 6) is -1.61. The van der Waals surface area contributed by atoms with Crippen molar-refractivity contribution in [2.75, 3.05) is 13.2 Å². The summed E-state index contributed by atoms with van der Waals surface area (Å²) in [4.78, 5) is 79.1. The van der Waals surface area contributed by atoms with E-state index in [1.165, 1.54) is 17.4 Å². The van der Waals surface area contributed by atoms with Gasteiger partial charge in [-0.2, -0.15) is 0 Å². The molecular formula is C39H43N7O8. The molecule has 1 fully saturated rings. The molecule has 4 N–H and O–H groups in total. The number of carbonyl (C=O) groups is 5. The number of aryl methyl sites for hydroxylation is 1. The molecule has 5 heterocycles. The lowest BCUT2D eigenvalue weighted by molar-refractivity contribution is -0.126. The Morgan fingerprint density at radius 2 is 1.69 bits per heavy atom. The SMILES string of the molecule is CC(C)C[C@H]1NC(=O)c2coc(n2)[C@H](Cc2ccccc2)NC(=O)[C@@H]2C[C@H](NC(=O)c3ccc4c(c3)CCCO4)CN2C(=O)c2coc(n2)[C@@H](C)NC1=O. The van der Waals surface area contributed by atoms with Crippen molar-refractivity contribution in [2.24, 2.45) is 5.92 Å². The first kappa shape index (κ1) is 36.4. The summed E-state index contributed by atoms with van der Waals surface area (Å²) in [5, 5.41) is 11.6. The van der Waals surface area contributed by atoms with Crippen LogP contribution < -0.4 is 26.0 Å². The van der Waals surface area contributed by atoms with Crippen LogP contribution in [-0.4, -0.2) is 75.7 Å². The van der Waals surface area contributed by atoms with Crippen molar-refractivity contribution >= 4 is 29.5 Å². The molecule has 0 spiro atoms. The Morgan fingerprint density at radius 1 is 0.926 bits per heavy atom. The number of hydrogen-bond donors (Lipinski definition) is 4. The predicted molar refractivity (Wildman–Crippen MR) is 192 cm³/mol. The summed E-state index contributed by atoms with van der Waals surface area (Å²) >= 11 is 0. The number of hydrogen-bond acceptors (Lipinski definition) is 10. The van der Waals surface area contributed by atoms with Crippen LogP contribution in [0.2, 0.25) is 0 Å².